The van der Waals surface area contributed by atoms with E-state index in [4.69, 9.17) is 14.4 Å². The molecule has 0 unspecified atom stereocenters. The molecule has 0 spiro atoms. The molecule has 22 heavy (non-hydrogen) atoms. The molecule has 1 heterocycles. The lowest BCUT2D eigenvalue weighted by molar-refractivity contribution is 0.340. The van der Waals surface area contributed by atoms with Gasteiger partial charge in [0.1, 0.15) is 11.8 Å². The highest BCUT2D eigenvalue weighted by Crippen LogP contribution is 2.22. The summed E-state index contributed by atoms with van der Waals surface area (Å²) in [5.74, 6) is 1.60. The molecule has 0 aliphatic heterocycles. The number of oxazole rings is 1. The number of para-hydroxylation sites is 1. The minimum Gasteiger partial charge on any atom is -0.493 e. The molecule has 6 heteroatoms. The fourth-order valence-electron chi connectivity index (χ4n) is 1.77. The molecule has 0 saturated heterocycles. The van der Waals surface area contributed by atoms with Crippen LogP contribution in [0, 0.1) is 11.3 Å². The topological polar surface area (TPSA) is 83.4 Å². The third-order valence-electron chi connectivity index (χ3n) is 2.83. The zero-order valence-corrected chi connectivity index (χ0v) is 12.8. The van der Waals surface area contributed by atoms with Gasteiger partial charge in [-0.15, -0.1) is 0 Å². The average Bonchev–Trinajstić information content (AvgIpc) is 2.93. The number of rotatable bonds is 6. The molecule has 2 aromatic rings. The molecule has 0 radical (unpaired) electrons. The Kier molecular flexibility index (Phi) is 5.15. The van der Waals surface area contributed by atoms with Crippen molar-refractivity contribution >= 4 is 12.1 Å². The van der Waals surface area contributed by atoms with Gasteiger partial charge in [0.05, 0.1) is 12.8 Å². The van der Waals surface area contributed by atoms with Crippen LogP contribution < -0.4 is 10.2 Å². The first-order chi connectivity index (χ1) is 10.7. The van der Waals surface area contributed by atoms with E-state index in [1.807, 2.05) is 51.1 Å². The van der Waals surface area contributed by atoms with Gasteiger partial charge in [0, 0.05) is 11.5 Å². The smallest absolute Gasteiger partial charge is 0.252 e. The van der Waals surface area contributed by atoms with Gasteiger partial charge < -0.3 is 9.15 Å². The van der Waals surface area contributed by atoms with Gasteiger partial charge in [0.15, 0.2) is 0 Å². The predicted molar refractivity (Wildman–Crippen MR) is 84.1 cm³/mol. The Morgan fingerprint density at radius 3 is 2.91 bits per heavy atom. The molecule has 0 amide bonds. The summed E-state index contributed by atoms with van der Waals surface area (Å²) >= 11 is 0. The van der Waals surface area contributed by atoms with Crippen LogP contribution in [-0.2, 0) is 0 Å². The van der Waals surface area contributed by atoms with Gasteiger partial charge >= 0.3 is 0 Å². The molecular formula is C16H18N4O2. The molecule has 1 aromatic heterocycles. The van der Waals surface area contributed by atoms with Gasteiger partial charge in [-0.1, -0.05) is 26.0 Å². The minimum absolute atomic E-state index is 0.102. The van der Waals surface area contributed by atoms with Crippen molar-refractivity contribution < 1.29 is 9.15 Å². The van der Waals surface area contributed by atoms with E-state index in [2.05, 4.69) is 15.5 Å². The van der Waals surface area contributed by atoms with Crippen molar-refractivity contribution in [3.63, 3.8) is 0 Å². The quantitative estimate of drug-likeness (QED) is 0.651. The van der Waals surface area contributed by atoms with Gasteiger partial charge in [0.2, 0.25) is 11.6 Å². The maximum atomic E-state index is 9.06. The van der Waals surface area contributed by atoms with E-state index in [-0.39, 0.29) is 17.5 Å². The highest BCUT2D eigenvalue weighted by molar-refractivity contribution is 5.83. The Balaban J connectivity index is 2.15. The Morgan fingerprint density at radius 1 is 1.45 bits per heavy atom. The number of nitriles is 1. The highest BCUT2D eigenvalue weighted by Gasteiger charge is 2.14. The molecule has 6 nitrogen and oxygen atoms in total. The molecule has 0 saturated carbocycles. The number of nitrogens with one attached hydrogen (secondary N) is 1. The lowest BCUT2D eigenvalue weighted by Crippen LogP contribution is -1.97. The largest absolute Gasteiger partial charge is 0.493 e. The molecule has 1 aromatic carbocycles. The standard InChI is InChI=1S/C16H18N4O2/c1-4-21-14-8-6-5-7-12(14)10-18-20-16-13(9-17)19-15(22-16)11(2)3/h5-8,10-11,20H,4H2,1-3H3. The van der Waals surface area contributed by atoms with Crippen molar-refractivity contribution in [3.05, 3.63) is 41.4 Å². The number of hydrogen-bond donors (Lipinski definition) is 1. The second kappa shape index (κ2) is 7.27. The zero-order valence-electron chi connectivity index (χ0n) is 12.8. The molecule has 0 atom stereocenters. The van der Waals surface area contributed by atoms with Gasteiger partial charge in [-0.2, -0.15) is 10.4 Å². The summed E-state index contributed by atoms with van der Waals surface area (Å²) in [4.78, 5) is 4.11. The first-order valence-corrected chi connectivity index (χ1v) is 7.07. The van der Waals surface area contributed by atoms with Crippen molar-refractivity contribution in [3.8, 4) is 11.8 Å². The Hall–Kier alpha value is -2.81. The van der Waals surface area contributed by atoms with Crippen LogP contribution in [0.15, 0.2) is 33.8 Å². The van der Waals surface area contributed by atoms with E-state index < -0.39 is 0 Å². The molecule has 2 rings (SSSR count). The van der Waals surface area contributed by atoms with Crippen LogP contribution in [-0.4, -0.2) is 17.8 Å². The maximum Gasteiger partial charge on any atom is 0.252 e. The minimum atomic E-state index is 0.102. The molecular weight excluding hydrogens is 280 g/mol. The van der Waals surface area contributed by atoms with Crippen LogP contribution in [0.2, 0.25) is 0 Å². The van der Waals surface area contributed by atoms with Crippen LogP contribution in [0.25, 0.3) is 0 Å². The van der Waals surface area contributed by atoms with Crippen LogP contribution >= 0.6 is 0 Å². The van der Waals surface area contributed by atoms with Gasteiger partial charge in [-0.3, -0.25) is 0 Å². The first-order valence-electron chi connectivity index (χ1n) is 7.07. The summed E-state index contributed by atoms with van der Waals surface area (Å²) in [6, 6.07) is 9.54. The third kappa shape index (κ3) is 3.64. The summed E-state index contributed by atoms with van der Waals surface area (Å²) in [5, 5.41) is 13.2. The molecule has 1 N–H and O–H groups in total. The summed E-state index contributed by atoms with van der Waals surface area (Å²) < 4.78 is 11.0. The highest BCUT2D eigenvalue weighted by atomic mass is 16.5. The summed E-state index contributed by atoms with van der Waals surface area (Å²) in [6.07, 6.45) is 1.61. The number of anilines is 1. The average molecular weight is 298 g/mol. The second-order valence-corrected chi connectivity index (χ2v) is 4.84. The normalized spacial score (nSPS) is 10.9. The van der Waals surface area contributed by atoms with Crippen LogP contribution in [0.5, 0.6) is 5.75 Å². The van der Waals surface area contributed by atoms with E-state index >= 15 is 0 Å². The van der Waals surface area contributed by atoms with Crippen molar-refractivity contribution in [2.45, 2.75) is 26.7 Å². The molecule has 0 bridgehead atoms. The number of nitrogens with zero attached hydrogens (tertiary/aromatic N) is 3. The van der Waals surface area contributed by atoms with Crippen molar-refractivity contribution in [2.75, 3.05) is 12.0 Å². The first kappa shape index (κ1) is 15.6. The molecule has 114 valence electrons. The van der Waals surface area contributed by atoms with E-state index in [1.54, 1.807) is 6.21 Å². The maximum absolute atomic E-state index is 9.06. The van der Waals surface area contributed by atoms with Crippen LogP contribution in [0.4, 0.5) is 5.88 Å². The summed E-state index contributed by atoms with van der Waals surface area (Å²) in [7, 11) is 0. The fourth-order valence-corrected chi connectivity index (χ4v) is 1.77. The number of benzene rings is 1. The Bertz CT molecular complexity index is 698. The van der Waals surface area contributed by atoms with Gasteiger partial charge in [0.25, 0.3) is 5.88 Å². The van der Waals surface area contributed by atoms with E-state index in [0.717, 1.165) is 11.3 Å². The van der Waals surface area contributed by atoms with Crippen molar-refractivity contribution in [2.24, 2.45) is 5.10 Å². The number of aromatic nitrogens is 1. The lowest BCUT2D eigenvalue weighted by Gasteiger charge is -2.05. The predicted octanol–water partition coefficient (Wildman–Crippen LogP) is 3.51. The monoisotopic (exact) mass is 298 g/mol. The third-order valence-corrected chi connectivity index (χ3v) is 2.83. The Labute approximate surface area is 129 Å². The van der Waals surface area contributed by atoms with E-state index in [9.17, 15) is 0 Å². The van der Waals surface area contributed by atoms with Crippen molar-refractivity contribution in [1.82, 2.24) is 4.98 Å². The second-order valence-electron chi connectivity index (χ2n) is 4.84. The summed E-state index contributed by atoms with van der Waals surface area (Å²) in [5.41, 5.74) is 3.75. The van der Waals surface area contributed by atoms with E-state index in [0.29, 0.717) is 12.5 Å². The number of hydrogen-bond acceptors (Lipinski definition) is 6. The molecule has 0 fully saturated rings. The van der Waals surface area contributed by atoms with Crippen LogP contribution in [0.3, 0.4) is 0 Å². The molecule has 0 aliphatic rings. The number of hydrazone groups is 1. The van der Waals surface area contributed by atoms with Crippen LogP contribution in [0.1, 0.15) is 43.8 Å². The SMILES string of the molecule is CCOc1ccccc1C=NNc1oc(C(C)C)nc1C#N. The number of ether oxygens (including phenoxy) is 1. The fraction of sp³-hybridized carbons (Fsp3) is 0.312. The lowest BCUT2D eigenvalue weighted by atomic mass is 10.2. The molecule has 0 aliphatic carbocycles. The zero-order chi connectivity index (χ0) is 15.9. The van der Waals surface area contributed by atoms with E-state index in [1.165, 1.54) is 0 Å². The summed E-state index contributed by atoms with van der Waals surface area (Å²) in [6.45, 7) is 6.39. The van der Waals surface area contributed by atoms with Gasteiger partial charge in [-0.25, -0.2) is 10.4 Å². The Morgan fingerprint density at radius 2 is 2.23 bits per heavy atom. The van der Waals surface area contributed by atoms with Gasteiger partial charge in [-0.05, 0) is 19.1 Å². The van der Waals surface area contributed by atoms with Crippen molar-refractivity contribution in [1.29, 1.82) is 5.26 Å².